The first-order valence-electron chi connectivity index (χ1n) is 8.24. The molecule has 1 aliphatic heterocycles. The van der Waals surface area contributed by atoms with Crippen LogP contribution in [0.2, 0.25) is 0 Å². The highest BCUT2D eigenvalue weighted by atomic mass is 16.2. The molecule has 0 N–H and O–H groups in total. The molecule has 1 fully saturated rings. The number of carbonyl (C=O) groups is 1. The highest BCUT2D eigenvalue weighted by molar-refractivity contribution is 5.93. The minimum atomic E-state index is 0.0614. The number of carbonyl (C=O) groups excluding carboxylic acids is 1. The van der Waals surface area contributed by atoms with Crippen LogP contribution in [-0.4, -0.2) is 42.0 Å². The number of aryl methyl sites for hydroxylation is 2. The second-order valence-corrected chi connectivity index (χ2v) is 5.98. The number of nitrogens with zero attached hydrogens (tertiary/aromatic N) is 3. The Balaban J connectivity index is 1.68. The predicted molar refractivity (Wildman–Crippen MR) is 92.9 cm³/mol. The maximum absolute atomic E-state index is 12.7. The molecule has 0 saturated carbocycles. The van der Waals surface area contributed by atoms with E-state index in [0.29, 0.717) is 5.69 Å². The fourth-order valence-electron chi connectivity index (χ4n) is 3.06. The average molecular weight is 309 g/mol. The van der Waals surface area contributed by atoms with Gasteiger partial charge in [0.15, 0.2) is 0 Å². The van der Waals surface area contributed by atoms with E-state index in [9.17, 15) is 4.79 Å². The number of hydrogen-bond donors (Lipinski definition) is 0. The van der Waals surface area contributed by atoms with Gasteiger partial charge in [-0.1, -0.05) is 25.1 Å². The third-order valence-electron chi connectivity index (χ3n) is 4.41. The van der Waals surface area contributed by atoms with Crippen LogP contribution < -0.4 is 4.90 Å². The maximum atomic E-state index is 12.7. The highest BCUT2D eigenvalue weighted by Crippen LogP contribution is 2.19. The molecule has 2 aromatic rings. The summed E-state index contributed by atoms with van der Waals surface area (Å²) in [6.45, 7) is 7.38. The monoisotopic (exact) mass is 309 g/mol. The molecule has 1 aliphatic rings. The number of pyridine rings is 1. The summed E-state index contributed by atoms with van der Waals surface area (Å²) in [7, 11) is 0. The van der Waals surface area contributed by atoms with Crippen LogP contribution in [0.5, 0.6) is 0 Å². The van der Waals surface area contributed by atoms with Gasteiger partial charge in [-0.2, -0.15) is 0 Å². The van der Waals surface area contributed by atoms with Crippen LogP contribution in [0.15, 0.2) is 42.6 Å². The van der Waals surface area contributed by atoms with E-state index >= 15 is 0 Å². The SMILES string of the molecule is CCc1cccnc1C(=O)N1CCN(c2cccc(C)c2)CC1. The van der Waals surface area contributed by atoms with E-state index in [1.54, 1.807) is 6.20 Å². The molecule has 4 nitrogen and oxygen atoms in total. The van der Waals surface area contributed by atoms with Crippen molar-refractivity contribution >= 4 is 11.6 Å². The summed E-state index contributed by atoms with van der Waals surface area (Å²) in [6.07, 6.45) is 2.54. The molecule has 1 aromatic heterocycles. The number of amides is 1. The van der Waals surface area contributed by atoms with Crippen LogP contribution in [0.25, 0.3) is 0 Å². The zero-order valence-corrected chi connectivity index (χ0v) is 13.8. The molecular formula is C19H23N3O. The lowest BCUT2D eigenvalue weighted by molar-refractivity contribution is 0.0739. The first kappa shape index (κ1) is 15.5. The molecule has 3 rings (SSSR count). The fraction of sp³-hybridized carbons (Fsp3) is 0.368. The van der Waals surface area contributed by atoms with Crippen LogP contribution in [0.1, 0.15) is 28.5 Å². The molecule has 0 bridgehead atoms. The van der Waals surface area contributed by atoms with Gasteiger partial charge in [0.05, 0.1) is 0 Å². The van der Waals surface area contributed by atoms with Crippen molar-refractivity contribution in [1.82, 2.24) is 9.88 Å². The van der Waals surface area contributed by atoms with Gasteiger partial charge in [-0.15, -0.1) is 0 Å². The van der Waals surface area contributed by atoms with E-state index in [2.05, 4.69) is 48.0 Å². The fourth-order valence-corrected chi connectivity index (χ4v) is 3.06. The molecule has 0 unspecified atom stereocenters. The van der Waals surface area contributed by atoms with Gasteiger partial charge in [-0.25, -0.2) is 0 Å². The quantitative estimate of drug-likeness (QED) is 0.875. The molecule has 4 heteroatoms. The number of aromatic nitrogens is 1. The minimum absolute atomic E-state index is 0.0614. The van der Waals surface area contributed by atoms with Crippen molar-refractivity contribution in [3.05, 3.63) is 59.4 Å². The van der Waals surface area contributed by atoms with Gasteiger partial charge in [-0.05, 0) is 42.7 Å². The molecule has 1 saturated heterocycles. The van der Waals surface area contributed by atoms with Gasteiger partial charge in [0.1, 0.15) is 5.69 Å². The molecule has 2 heterocycles. The molecule has 0 radical (unpaired) electrons. The Bertz CT molecular complexity index is 691. The van der Waals surface area contributed by atoms with E-state index in [0.717, 1.165) is 38.2 Å². The van der Waals surface area contributed by atoms with Gasteiger partial charge in [0, 0.05) is 38.1 Å². The summed E-state index contributed by atoms with van der Waals surface area (Å²) in [6, 6.07) is 12.4. The number of anilines is 1. The Morgan fingerprint density at radius 2 is 1.91 bits per heavy atom. The number of benzene rings is 1. The normalized spacial score (nSPS) is 14.9. The summed E-state index contributed by atoms with van der Waals surface area (Å²) < 4.78 is 0. The van der Waals surface area contributed by atoms with Gasteiger partial charge < -0.3 is 9.80 Å². The van der Waals surface area contributed by atoms with Crippen LogP contribution in [0.3, 0.4) is 0 Å². The van der Waals surface area contributed by atoms with Gasteiger partial charge in [0.25, 0.3) is 5.91 Å². The van der Waals surface area contributed by atoms with Crippen LogP contribution in [0.4, 0.5) is 5.69 Å². The third-order valence-corrected chi connectivity index (χ3v) is 4.41. The smallest absolute Gasteiger partial charge is 0.272 e. The average Bonchev–Trinajstić information content (AvgIpc) is 2.61. The summed E-state index contributed by atoms with van der Waals surface area (Å²) in [5.41, 5.74) is 4.14. The van der Waals surface area contributed by atoms with Gasteiger partial charge >= 0.3 is 0 Å². The standard InChI is InChI=1S/C19H23N3O/c1-3-16-7-5-9-20-18(16)19(23)22-12-10-21(11-13-22)17-8-4-6-15(2)14-17/h4-9,14H,3,10-13H2,1-2H3. The van der Waals surface area contributed by atoms with E-state index < -0.39 is 0 Å². The minimum Gasteiger partial charge on any atom is -0.368 e. The van der Waals surface area contributed by atoms with E-state index in [4.69, 9.17) is 0 Å². The van der Waals surface area contributed by atoms with Crippen molar-refractivity contribution in [2.45, 2.75) is 20.3 Å². The molecule has 1 aromatic carbocycles. The van der Waals surface area contributed by atoms with Crippen molar-refractivity contribution in [1.29, 1.82) is 0 Å². The van der Waals surface area contributed by atoms with Crippen molar-refractivity contribution in [3.63, 3.8) is 0 Å². The molecule has 0 atom stereocenters. The highest BCUT2D eigenvalue weighted by Gasteiger charge is 2.24. The Labute approximate surface area is 137 Å². The van der Waals surface area contributed by atoms with Crippen molar-refractivity contribution in [2.24, 2.45) is 0 Å². The second-order valence-electron chi connectivity index (χ2n) is 5.98. The molecule has 0 spiro atoms. The summed E-state index contributed by atoms with van der Waals surface area (Å²) in [5.74, 6) is 0.0614. The molecule has 23 heavy (non-hydrogen) atoms. The van der Waals surface area contributed by atoms with Crippen LogP contribution in [-0.2, 0) is 6.42 Å². The Hall–Kier alpha value is -2.36. The van der Waals surface area contributed by atoms with Crippen LogP contribution >= 0.6 is 0 Å². The Kier molecular flexibility index (Phi) is 4.60. The molecule has 1 amide bonds. The Morgan fingerprint density at radius 1 is 1.13 bits per heavy atom. The topological polar surface area (TPSA) is 36.4 Å². The summed E-state index contributed by atoms with van der Waals surface area (Å²) >= 11 is 0. The number of hydrogen-bond acceptors (Lipinski definition) is 3. The summed E-state index contributed by atoms with van der Waals surface area (Å²) in [5, 5.41) is 0. The van der Waals surface area contributed by atoms with E-state index in [1.807, 2.05) is 17.0 Å². The number of piperazine rings is 1. The lowest BCUT2D eigenvalue weighted by Crippen LogP contribution is -2.49. The van der Waals surface area contributed by atoms with Gasteiger partial charge in [0.2, 0.25) is 0 Å². The summed E-state index contributed by atoms with van der Waals surface area (Å²) in [4.78, 5) is 21.3. The predicted octanol–water partition coefficient (Wildman–Crippen LogP) is 2.91. The molecule has 0 aliphatic carbocycles. The largest absolute Gasteiger partial charge is 0.368 e. The molecule has 120 valence electrons. The van der Waals surface area contributed by atoms with Crippen molar-refractivity contribution in [3.8, 4) is 0 Å². The Morgan fingerprint density at radius 3 is 2.61 bits per heavy atom. The van der Waals surface area contributed by atoms with Crippen molar-refractivity contribution < 1.29 is 4.79 Å². The molecular weight excluding hydrogens is 286 g/mol. The van der Waals surface area contributed by atoms with E-state index in [1.165, 1.54) is 11.3 Å². The first-order chi connectivity index (χ1) is 11.2. The van der Waals surface area contributed by atoms with Gasteiger partial charge in [-0.3, -0.25) is 9.78 Å². The zero-order chi connectivity index (χ0) is 16.2. The third kappa shape index (κ3) is 3.36. The second kappa shape index (κ2) is 6.82. The van der Waals surface area contributed by atoms with E-state index in [-0.39, 0.29) is 5.91 Å². The maximum Gasteiger partial charge on any atom is 0.272 e. The zero-order valence-electron chi connectivity index (χ0n) is 13.8. The number of rotatable bonds is 3. The lowest BCUT2D eigenvalue weighted by atomic mass is 10.1. The van der Waals surface area contributed by atoms with Crippen molar-refractivity contribution in [2.75, 3.05) is 31.1 Å². The lowest BCUT2D eigenvalue weighted by Gasteiger charge is -2.36. The van der Waals surface area contributed by atoms with Crippen LogP contribution in [0, 0.1) is 6.92 Å². The first-order valence-corrected chi connectivity index (χ1v) is 8.24.